The van der Waals surface area contributed by atoms with Crippen molar-refractivity contribution in [2.75, 3.05) is 13.6 Å². The van der Waals surface area contributed by atoms with E-state index < -0.39 is 5.60 Å². The van der Waals surface area contributed by atoms with E-state index in [1.807, 2.05) is 11.9 Å². The Morgan fingerprint density at radius 3 is 2.27 bits per heavy atom. The molecule has 0 spiro atoms. The van der Waals surface area contributed by atoms with Crippen LogP contribution >= 0.6 is 0 Å². The number of carbonyl (C=O) groups excluding carboxylic acids is 2. The molecule has 0 aliphatic heterocycles. The van der Waals surface area contributed by atoms with Gasteiger partial charge in [-0.1, -0.05) is 77.7 Å². The predicted molar refractivity (Wildman–Crippen MR) is 165 cm³/mol. The Kier molecular flexibility index (Phi) is 10.7. The average molecular weight is 556 g/mol. The van der Waals surface area contributed by atoms with Gasteiger partial charge in [0.05, 0.1) is 5.60 Å². The van der Waals surface area contributed by atoms with Gasteiger partial charge in [-0.15, -0.1) is 0 Å². The van der Waals surface area contributed by atoms with Crippen molar-refractivity contribution in [3.63, 3.8) is 0 Å². The summed E-state index contributed by atoms with van der Waals surface area (Å²) in [7, 11) is 1.94. The van der Waals surface area contributed by atoms with Crippen LogP contribution in [-0.2, 0) is 9.59 Å². The highest BCUT2D eigenvalue weighted by Crippen LogP contribution is 2.69. The number of unbranched alkanes of at least 4 members (excludes halogenated alkanes) is 8. The van der Waals surface area contributed by atoms with Crippen molar-refractivity contribution >= 4 is 11.7 Å². The van der Waals surface area contributed by atoms with Crippen molar-refractivity contribution in [2.24, 2.45) is 34.5 Å². The minimum Gasteiger partial charge on any atom is -0.390 e. The lowest BCUT2D eigenvalue weighted by Gasteiger charge is -2.61. The summed E-state index contributed by atoms with van der Waals surface area (Å²) in [5, 5.41) is 11.4. The highest BCUT2D eigenvalue weighted by molar-refractivity contribution is 5.91. The third-order valence-corrected chi connectivity index (χ3v) is 12.7. The van der Waals surface area contributed by atoms with Crippen molar-refractivity contribution in [1.82, 2.24) is 4.90 Å². The average Bonchev–Trinajstić information content (AvgIpc) is 3.17. The summed E-state index contributed by atoms with van der Waals surface area (Å²) < 4.78 is 0. The van der Waals surface area contributed by atoms with Crippen LogP contribution in [0.3, 0.4) is 0 Å². The number of nitrogens with zero attached hydrogens (tertiary/aromatic N) is 1. The molecule has 4 nitrogen and oxygen atoms in total. The van der Waals surface area contributed by atoms with Gasteiger partial charge in [0.2, 0.25) is 5.91 Å². The molecule has 1 amide bonds. The number of hydrogen-bond donors (Lipinski definition) is 1. The molecular formula is C36H61NO3. The summed E-state index contributed by atoms with van der Waals surface area (Å²) in [6.45, 7) is 10.1. The molecule has 0 heterocycles. The molecule has 0 aromatic rings. The van der Waals surface area contributed by atoms with Crippen molar-refractivity contribution in [1.29, 1.82) is 0 Å². The third-order valence-electron chi connectivity index (χ3n) is 12.7. The first-order valence-corrected chi connectivity index (χ1v) is 17.2. The smallest absolute Gasteiger partial charge is 0.222 e. The summed E-state index contributed by atoms with van der Waals surface area (Å²) in [5.74, 6) is 3.33. The monoisotopic (exact) mass is 555 g/mol. The van der Waals surface area contributed by atoms with Crippen LogP contribution in [0.5, 0.6) is 0 Å². The van der Waals surface area contributed by atoms with Crippen LogP contribution in [0.1, 0.15) is 150 Å². The van der Waals surface area contributed by atoms with Crippen molar-refractivity contribution in [2.45, 2.75) is 155 Å². The number of carbonyl (C=O) groups is 2. The molecule has 0 aromatic carbocycles. The van der Waals surface area contributed by atoms with Crippen molar-refractivity contribution in [3.8, 4) is 0 Å². The molecule has 3 fully saturated rings. The Labute approximate surface area is 246 Å². The van der Waals surface area contributed by atoms with Gasteiger partial charge in [0, 0.05) is 26.4 Å². The number of allylic oxidation sites excluding steroid dienone is 1. The van der Waals surface area contributed by atoms with Gasteiger partial charge in [-0.2, -0.15) is 0 Å². The van der Waals surface area contributed by atoms with E-state index in [-0.39, 0.29) is 10.8 Å². The van der Waals surface area contributed by atoms with E-state index in [9.17, 15) is 14.7 Å². The fourth-order valence-corrected chi connectivity index (χ4v) is 9.70. The maximum absolute atomic E-state index is 12.4. The second-order valence-electron chi connectivity index (χ2n) is 15.1. The molecule has 4 aliphatic rings. The first kappa shape index (κ1) is 31.8. The van der Waals surface area contributed by atoms with Gasteiger partial charge in [-0.25, -0.2) is 0 Å². The summed E-state index contributed by atoms with van der Waals surface area (Å²) in [5.41, 5.74) is 1.17. The van der Waals surface area contributed by atoms with Gasteiger partial charge in [0.1, 0.15) is 0 Å². The number of rotatable bonds is 14. The molecular weight excluding hydrogens is 494 g/mol. The highest BCUT2D eigenvalue weighted by atomic mass is 16.3. The zero-order valence-electron chi connectivity index (χ0n) is 26.7. The second-order valence-corrected chi connectivity index (χ2v) is 15.1. The van der Waals surface area contributed by atoms with Crippen LogP contribution in [0.15, 0.2) is 11.6 Å². The Bertz CT molecular complexity index is 908. The molecule has 228 valence electrons. The van der Waals surface area contributed by atoms with Gasteiger partial charge in [0.15, 0.2) is 5.78 Å². The molecule has 0 aromatic heterocycles. The topological polar surface area (TPSA) is 57.6 Å². The summed E-state index contributed by atoms with van der Waals surface area (Å²) in [6, 6.07) is 0. The summed E-state index contributed by atoms with van der Waals surface area (Å²) >= 11 is 0. The molecule has 4 rings (SSSR count). The molecule has 3 saturated carbocycles. The Morgan fingerprint density at radius 2 is 1.57 bits per heavy atom. The lowest BCUT2D eigenvalue weighted by Crippen LogP contribution is -2.56. The first-order valence-electron chi connectivity index (χ1n) is 17.2. The van der Waals surface area contributed by atoms with E-state index in [1.165, 1.54) is 69.8 Å². The number of hydrogen-bond acceptors (Lipinski definition) is 3. The molecule has 0 saturated heterocycles. The maximum atomic E-state index is 12.4. The fraction of sp³-hybridized carbons (Fsp3) is 0.889. The van der Waals surface area contributed by atoms with Crippen molar-refractivity contribution < 1.29 is 14.7 Å². The fourth-order valence-electron chi connectivity index (χ4n) is 9.70. The second kappa shape index (κ2) is 13.4. The maximum Gasteiger partial charge on any atom is 0.222 e. The normalized spacial score (nSPS) is 37.0. The first-order chi connectivity index (χ1) is 19.0. The van der Waals surface area contributed by atoms with E-state index in [4.69, 9.17) is 0 Å². The van der Waals surface area contributed by atoms with Crippen LogP contribution in [-0.4, -0.2) is 40.9 Å². The third kappa shape index (κ3) is 6.57. The van der Waals surface area contributed by atoms with Gasteiger partial charge < -0.3 is 10.0 Å². The Hall–Kier alpha value is -1.16. The number of amides is 1. The van der Waals surface area contributed by atoms with E-state index in [0.717, 1.165) is 57.9 Å². The standard InChI is InChI=1S/C36H61NO3/c1-6-7-24-37(5)32(39)17-15-13-11-9-8-10-12-14-16-27-25-28-26-29(38)18-21-34(28,2)30-19-22-35(3)31(33(27)30)20-23-36(35,4)40/h26-27,30-31,33,40H,6-25H2,1-5H3/t27-,30+,31+,33-,34+,35+,36+/m1/s1. The number of ketones is 1. The molecule has 7 atom stereocenters. The number of aliphatic hydroxyl groups is 1. The van der Waals surface area contributed by atoms with Crippen LogP contribution in [0, 0.1) is 34.5 Å². The minimum absolute atomic E-state index is 0.0457. The molecule has 40 heavy (non-hydrogen) atoms. The molecule has 4 aliphatic carbocycles. The molecule has 1 N–H and O–H groups in total. The largest absolute Gasteiger partial charge is 0.390 e. The predicted octanol–water partition coefficient (Wildman–Crippen LogP) is 8.65. The molecule has 4 heteroatoms. The number of fused-ring (bicyclic) bond motifs is 5. The molecule has 0 radical (unpaired) electrons. The van der Waals surface area contributed by atoms with Gasteiger partial charge >= 0.3 is 0 Å². The Morgan fingerprint density at radius 1 is 0.925 bits per heavy atom. The SMILES string of the molecule is CCCCN(C)C(=O)CCCCCCCCCC[C@@H]1CC2=CC(=O)CC[C@]2(C)[C@H]2CC[C@@]3(C)[C@@H](CC[C@]3(C)O)[C@H]12. The van der Waals surface area contributed by atoms with Crippen LogP contribution in [0.4, 0.5) is 0 Å². The highest BCUT2D eigenvalue weighted by Gasteiger charge is 2.64. The lowest BCUT2D eigenvalue weighted by atomic mass is 9.44. The molecule has 0 unspecified atom stereocenters. The van der Waals surface area contributed by atoms with Gasteiger partial charge in [-0.05, 0) is 105 Å². The van der Waals surface area contributed by atoms with E-state index in [0.29, 0.717) is 41.8 Å². The quantitative estimate of drug-likeness (QED) is 0.218. The van der Waals surface area contributed by atoms with E-state index in [1.54, 1.807) is 0 Å². The van der Waals surface area contributed by atoms with Crippen molar-refractivity contribution in [3.05, 3.63) is 11.6 Å². The summed E-state index contributed by atoms with van der Waals surface area (Å²) in [6.07, 6.45) is 23.6. The van der Waals surface area contributed by atoms with Gasteiger partial charge in [0.25, 0.3) is 0 Å². The van der Waals surface area contributed by atoms with E-state index in [2.05, 4.69) is 33.8 Å². The zero-order chi connectivity index (χ0) is 29.0. The Balaban J connectivity index is 1.23. The van der Waals surface area contributed by atoms with E-state index >= 15 is 0 Å². The zero-order valence-corrected chi connectivity index (χ0v) is 26.7. The lowest BCUT2D eigenvalue weighted by molar-refractivity contribution is -0.135. The molecule has 0 bridgehead atoms. The van der Waals surface area contributed by atoms with Crippen LogP contribution in [0.25, 0.3) is 0 Å². The van der Waals surface area contributed by atoms with Gasteiger partial charge in [-0.3, -0.25) is 9.59 Å². The minimum atomic E-state index is -0.537. The van der Waals surface area contributed by atoms with Crippen LogP contribution < -0.4 is 0 Å². The van der Waals surface area contributed by atoms with Crippen LogP contribution in [0.2, 0.25) is 0 Å². The summed E-state index contributed by atoms with van der Waals surface area (Å²) in [4.78, 5) is 26.5.